The number of aromatic nitrogens is 1. The molecule has 1 unspecified atom stereocenters. The van der Waals surface area contributed by atoms with E-state index >= 15 is 0 Å². The Hall–Kier alpha value is -1.09. The lowest BCUT2D eigenvalue weighted by atomic mass is 10.2. The lowest BCUT2D eigenvalue weighted by Crippen LogP contribution is -2.40. The lowest BCUT2D eigenvalue weighted by molar-refractivity contribution is 0.114. The fraction of sp³-hybridized carbons (Fsp3) is 0.647. The summed E-state index contributed by atoms with van der Waals surface area (Å²) in [6, 6.07) is 4.19. The van der Waals surface area contributed by atoms with Crippen molar-refractivity contribution in [3.05, 3.63) is 23.9 Å². The van der Waals surface area contributed by atoms with E-state index in [-0.39, 0.29) is 24.0 Å². The number of nitrogens with zero attached hydrogens (tertiary/aromatic N) is 3. The van der Waals surface area contributed by atoms with Crippen molar-refractivity contribution >= 4 is 35.8 Å². The summed E-state index contributed by atoms with van der Waals surface area (Å²) in [5.41, 5.74) is 1.14. The van der Waals surface area contributed by atoms with Gasteiger partial charge in [0.05, 0.1) is 6.10 Å². The summed E-state index contributed by atoms with van der Waals surface area (Å²) in [5.74, 6) is 1.83. The van der Waals surface area contributed by atoms with Crippen molar-refractivity contribution in [2.24, 2.45) is 4.99 Å². The summed E-state index contributed by atoms with van der Waals surface area (Å²) in [6.07, 6.45) is 4.51. The SMILES string of the molecule is CCN(CC)c1ccc(CNC(=NC)NCC2CCCO2)cn1.I. The van der Waals surface area contributed by atoms with Crippen molar-refractivity contribution < 1.29 is 4.74 Å². The summed E-state index contributed by atoms with van der Waals surface area (Å²) >= 11 is 0. The second-order valence-electron chi connectivity index (χ2n) is 5.64. The van der Waals surface area contributed by atoms with Gasteiger partial charge in [-0.1, -0.05) is 6.07 Å². The lowest BCUT2D eigenvalue weighted by Gasteiger charge is -2.20. The first-order valence-electron chi connectivity index (χ1n) is 8.52. The molecule has 0 amide bonds. The zero-order chi connectivity index (χ0) is 16.5. The second-order valence-corrected chi connectivity index (χ2v) is 5.64. The number of ether oxygens (including phenoxy) is 1. The Bertz CT molecular complexity index is 484. The van der Waals surface area contributed by atoms with E-state index in [0.717, 1.165) is 56.4 Å². The third-order valence-corrected chi connectivity index (χ3v) is 4.10. The van der Waals surface area contributed by atoms with Crippen molar-refractivity contribution in [1.82, 2.24) is 15.6 Å². The molecule has 1 atom stereocenters. The quantitative estimate of drug-likeness (QED) is 0.382. The van der Waals surface area contributed by atoms with E-state index < -0.39 is 0 Å². The van der Waals surface area contributed by atoms with Gasteiger partial charge in [-0.15, -0.1) is 24.0 Å². The highest BCUT2D eigenvalue weighted by atomic mass is 127. The zero-order valence-electron chi connectivity index (χ0n) is 14.9. The molecule has 0 aromatic carbocycles. The van der Waals surface area contributed by atoms with Crippen LogP contribution < -0.4 is 15.5 Å². The predicted octanol–water partition coefficient (Wildman–Crippen LogP) is 2.39. The molecule has 1 aromatic heterocycles. The standard InChI is InChI=1S/C17H29N5O.HI/c1-4-22(5-2)16-9-8-14(11-19-16)12-20-17(18-3)21-13-15-7-6-10-23-15;/h8-9,11,15H,4-7,10,12-13H2,1-3H3,(H2,18,20,21);1H. The minimum atomic E-state index is 0. The zero-order valence-corrected chi connectivity index (χ0v) is 17.2. The molecule has 136 valence electrons. The van der Waals surface area contributed by atoms with E-state index in [1.165, 1.54) is 0 Å². The summed E-state index contributed by atoms with van der Waals surface area (Å²) in [5, 5.41) is 6.63. The van der Waals surface area contributed by atoms with E-state index in [0.29, 0.717) is 12.6 Å². The topological polar surface area (TPSA) is 61.8 Å². The number of rotatable bonds is 7. The van der Waals surface area contributed by atoms with Crippen molar-refractivity contribution in [3.63, 3.8) is 0 Å². The molecule has 1 aliphatic rings. The normalized spacial score (nSPS) is 17.3. The molecule has 0 saturated carbocycles. The van der Waals surface area contributed by atoms with Crippen LogP contribution in [0.25, 0.3) is 0 Å². The smallest absolute Gasteiger partial charge is 0.191 e. The molecule has 2 N–H and O–H groups in total. The Morgan fingerprint density at radius 1 is 1.33 bits per heavy atom. The molecule has 0 spiro atoms. The largest absolute Gasteiger partial charge is 0.376 e. The van der Waals surface area contributed by atoms with Gasteiger partial charge in [0, 0.05) is 46.0 Å². The summed E-state index contributed by atoms with van der Waals surface area (Å²) < 4.78 is 5.61. The van der Waals surface area contributed by atoms with Gasteiger partial charge in [-0.25, -0.2) is 4.98 Å². The minimum Gasteiger partial charge on any atom is -0.376 e. The Morgan fingerprint density at radius 2 is 2.12 bits per heavy atom. The van der Waals surface area contributed by atoms with Gasteiger partial charge < -0.3 is 20.3 Å². The van der Waals surface area contributed by atoms with Crippen molar-refractivity contribution in [2.75, 3.05) is 38.2 Å². The van der Waals surface area contributed by atoms with E-state index in [4.69, 9.17) is 4.74 Å². The van der Waals surface area contributed by atoms with Gasteiger partial charge in [-0.3, -0.25) is 4.99 Å². The number of anilines is 1. The molecule has 1 aliphatic heterocycles. The highest BCUT2D eigenvalue weighted by Crippen LogP contribution is 2.11. The molecule has 6 nitrogen and oxygen atoms in total. The summed E-state index contributed by atoms with van der Waals surface area (Å²) in [4.78, 5) is 11.0. The monoisotopic (exact) mass is 447 g/mol. The molecule has 0 radical (unpaired) electrons. The molecule has 0 aliphatic carbocycles. The van der Waals surface area contributed by atoms with Gasteiger partial charge in [0.15, 0.2) is 5.96 Å². The van der Waals surface area contributed by atoms with Crippen LogP contribution in [-0.2, 0) is 11.3 Å². The molecule has 1 aromatic rings. The number of guanidine groups is 1. The van der Waals surface area contributed by atoms with Crippen LogP contribution in [-0.4, -0.2) is 50.3 Å². The third-order valence-electron chi connectivity index (χ3n) is 4.10. The number of halogens is 1. The molecule has 2 rings (SSSR count). The Morgan fingerprint density at radius 3 is 2.67 bits per heavy atom. The highest BCUT2D eigenvalue weighted by Gasteiger charge is 2.15. The second kappa shape index (κ2) is 11.5. The van der Waals surface area contributed by atoms with E-state index in [1.54, 1.807) is 7.05 Å². The summed E-state index contributed by atoms with van der Waals surface area (Å²) in [7, 11) is 1.78. The Balaban J connectivity index is 0.00000288. The van der Waals surface area contributed by atoms with Crippen molar-refractivity contribution in [2.45, 2.75) is 39.3 Å². The van der Waals surface area contributed by atoms with Crippen LogP contribution >= 0.6 is 24.0 Å². The van der Waals surface area contributed by atoms with Gasteiger partial charge in [0.25, 0.3) is 0 Å². The minimum absolute atomic E-state index is 0. The molecule has 1 fully saturated rings. The molecule has 1 saturated heterocycles. The molecule has 24 heavy (non-hydrogen) atoms. The first kappa shape index (κ1) is 21.0. The van der Waals surface area contributed by atoms with Gasteiger partial charge in [-0.05, 0) is 38.3 Å². The molecular weight excluding hydrogens is 417 g/mol. The predicted molar refractivity (Wildman–Crippen MR) is 110 cm³/mol. The maximum atomic E-state index is 5.61. The first-order chi connectivity index (χ1) is 11.3. The van der Waals surface area contributed by atoms with Gasteiger partial charge >= 0.3 is 0 Å². The van der Waals surface area contributed by atoms with Gasteiger partial charge in [0.1, 0.15) is 5.82 Å². The molecular formula is C17H30IN5O. The van der Waals surface area contributed by atoms with E-state index in [9.17, 15) is 0 Å². The van der Waals surface area contributed by atoms with Gasteiger partial charge in [-0.2, -0.15) is 0 Å². The number of hydrogen-bond acceptors (Lipinski definition) is 4. The molecule has 7 heteroatoms. The van der Waals surface area contributed by atoms with Crippen LogP contribution in [0.2, 0.25) is 0 Å². The molecule has 2 heterocycles. The van der Waals surface area contributed by atoms with E-state index in [1.807, 2.05) is 6.20 Å². The number of aliphatic imine (C=N–C) groups is 1. The highest BCUT2D eigenvalue weighted by molar-refractivity contribution is 14.0. The van der Waals surface area contributed by atoms with Gasteiger partial charge in [0.2, 0.25) is 0 Å². The van der Waals surface area contributed by atoms with Crippen LogP contribution in [0, 0.1) is 0 Å². The Kier molecular flexibility index (Phi) is 10.0. The van der Waals surface area contributed by atoms with Crippen LogP contribution in [0.4, 0.5) is 5.82 Å². The third kappa shape index (κ3) is 6.43. The molecule has 0 bridgehead atoms. The Labute approximate surface area is 162 Å². The number of hydrogen-bond donors (Lipinski definition) is 2. The van der Waals surface area contributed by atoms with Crippen molar-refractivity contribution in [3.8, 4) is 0 Å². The van der Waals surface area contributed by atoms with Crippen molar-refractivity contribution in [1.29, 1.82) is 0 Å². The first-order valence-corrected chi connectivity index (χ1v) is 8.52. The number of nitrogens with one attached hydrogen (secondary N) is 2. The fourth-order valence-electron chi connectivity index (χ4n) is 2.68. The van der Waals surface area contributed by atoms with Crippen LogP contribution in [0.15, 0.2) is 23.3 Å². The maximum absolute atomic E-state index is 5.61. The maximum Gasteiger partial charge on any atom is 0.191 e. The average molecular weight is 447 g/mol. The number of pyridine rings is 1. The average Bonchev–Trinajstić information content (AvgIpc) is 3.11. The summed E-state index contributed by atoms with van der Waals surface area (Å²) in [6.45, 7) is 8.62. The fourth-order valence-corrected chi connectivity index (χ4v) is 2.68. The van der Waals surface area contributed by atoms with Crippen LogP contribution in [0.5, 0.6) is 0 Å². The van der Waals surface area contributed by atoms with E-state index in [2.05, 4.69) is 51.5 Å². The van der Waals surface area contributed by atoms with Crippen LogP contribution in [0.1, 0.15) is 32.3 Å². The van der Waals surface area contributed by atoms with Crippen LogP contribution in [0.3, 0.4) is 0 Å².